The number of halogens is 4. The zero-order valence-electron chi connectivity index (χ0n) is 8.01. The number of benzene rings is 1. The van der Waals surface area contributed by atoms with Crippen molar-refractivity contribution >= 4 is 0 Å². The summed E-state index contributed by atoms with van der Waals surface area (Å²) in [6, 6.07) is 6.07. The minimum absolute atomic E-state index is 0.213. The third-order valence-corrected chi connectivity index (χ3v) is 1.95. The second kappa shape index (κ2) is 4.51. The average molecular weight is 222 g/mol. The lowest BCUT2D eigenvalue weighted by atomic mass is 10.1. The van der Waals surface area contributed by atoms with E-state index in [-0.39, 0.29) is 11.3 Å². The van der Waals surface area contributed by atoms with Gasteiger partial charge >= 0.3 is 6.18 Å². The van der Waals surface area contributed by atoms with Crippen LogP contribution in [0, 0.1) is 0 Å². The van der Waals surface area contributed by atoms with E-state index in [2.05, 4.69) is 0 Å². The van der Waals surface area contributed by atoms with E-state index >= 15 is 0 Å². The van der Waals surface area contributed by atoms with E-state index in [1.807, 2.05) is 0 Å². The second-order valence-electron chi connectivity index (χ2n) is 3.03. The normalized spacial score (nSPS) is 13.7. The van der Waals surface area contributed by atoms with Crippen LogP contribution >= 0.6 is 0 Å². The molecule has 0 aliphatic rings. The zero-order chi connectivity index (χ0) is 11.5. The number of alkyl halides is 4. The number of para-hydroxylation sites is 1. The van der Waals surface area contributed by atoms with Crippen LogP contribution in [0.2, 0.25) is 0 Å². The summed E-state index contributed by atoms with van der Waals surface area (Å²) in [4.78, 5) is 0. The summed E-state index contributed by atoms with van der Waals surface area (Å²) < 4.78 is 53.4. The average Bonchev–Trinajstić information content (AvgIpc) is 2.17. The van der Waals surface area contributed by atoms with Gasteiger partial charge in [-0.1, -0.05) is 18.2 Å². The molecule has 0 aliphatic carbocycles. The molecule has 0 amide bonds. The van der Waals surface area contributed by atoms with Gasteiger partial charge in [-0.25, -0.2) is 4.39 Å². The highest BCUT2D eigenvalue weighted by molar-refractivity contribution is 5.33. The van der Waals surface area contributed by atoms with E-state index in [0.29, 0.717) is 0 Å². The van der Waals surface area contributed by atoms with Crippen molar-refractivity contribution in [3.05, 3.63) is 29.8 Å². The van der Waals surface area contributed by atoms with Crippen LogP contribution in [0.4, 0.5) is 17.6 Å². The molecule has 0 heterocycles. The van der Waals surface area contributed by atoms with Crippen LogP contribution in [0.1, 0.15) is 5.56 Å². The summed E-state index contributed by atoms with van der Waals surface area (Å²) in [5.41, 5.74) is 0.213. The lowest BCUT2D eigenvalue weighted by molar-refractivity contribution is -0.179. The Bertz CT molecular complexity index is 321. The van der Waals surface area contributed by atoms with Crippen LogP contribution in [0.25, 0.3) is 0 Å². The molecule has 0 saturated carbocycles. The number of ether oxygens (including phenoxy) is 1. The maximum absolute atomic E-state index is 12.7. The van der Waals surface area contributed by atoms with Gasteiger partial charge in [-0.15, -0.1) is 0 Å². The van der Waals surface area contributed by atoms with Crippen LogP contribution in [0.3, 0.4) is 0 Å². The second-order valence-corrected chi connectivity index (χ2v) is 3.03. The first kappa shape index (κ1) is 11.8. The van der Waals surface area contributed by atoms with Crippen molar-refractivity contribution in [2.45, 2.75) is 18.8 Å². The monoisotopic (exact) mass is 222 g/mol. The third kappa shape index (κ3) is 3.11. The Kier molecular flexibility index (Phi) is 3.55. The van der Waals surface area contributed by atoms with Gasteiger partial charge in [-0.3, -0.25) is 0 Å². The van der Waals surface area contributed by atoms with Crippen molar-refractivity contribution < 1.29 is 22.3 Å². The lowest BCUT2D eigenvalue weighted by Crippen LogP contribution is -2.26. The predicted molar refractivity (Wildman–Crippen MR) is 47.6 cm³/mol. The van der Waals surface area contributed by atoms with E-state index in [1.165, 1.54) is 19.2 Å². The molecule has 1 atom stereocenters. The van der Waals surface area contributed by atoms with Gasteiger partial charge in [-0.05, 0) is 11.6 Å². The van der Waals surface area contributed by atoms with Crippen LogP contribution in [0.5, 0.6) is 5.75 Å². The van der Waals surface area contributed by atoms with Gasteiger partial charge in [0.15, 0.2) is 6.17 Å². The van der Waals surface area contributed by atoms with Gasteiger partial charge in [0, 0.05) is 6.42 Å². The van der Waals surface area contributed by atoms with Gasteiger partial charge < -0.3 is 4.74 Å². The fourth-order valence-corrected chi connectivity index (χ4v) is 1.18. The lowest BCUT2D eigenvalue weighted by Gasteiger charge is -2.14. The zero-order valence-corrected chi connectivity index (χ0v) is 8.01. The maximum atomic E-state index is 12.7. The molecule has 0 fully saturated rings. The van der Waals surface area contributed by atoms with E-state index in [4.69, 9.17) is 4.74 Å². The highest BCUT2D eigenvalue weighted by atomic mass is 19.4. The Labute approximate surface area is 84.7 Å². The summed E-state index contributed by atoms with van der Waals surface area (Å²) in [5, 5.41) is 0. The van der Waals surface area contributed by atoms with Gasteiger partial charge in [-0.2, -0.15) is 13.2 Å². The molecule has 0 N–H and O–H groups in total. The minimum atomic E-state index is -4.82. The maximum Gasteiger partial charge on any atom is 0.419 e. The highest BCUT2D eigenvalue weighted by Crippen LogP contribution is 2.28. The van der Waals surface area contributed by atoms with Gasteiger partial charge in [0.05, 0.1) is 7.11 Å². The molecular formula is C10H10F4O. The molecule has 15 heavy (non-hydrogen) atoms. The van der Waals surface area contributed by atoms with Crippen LogP contribution in [-0.2, 0) is 6.42 Å². The molecule has 0 radical (unpaired) electrons. The molecule has 1 rings (SSSR count). The molecule has 1 aromatic carbocycles. The van der Waals surface area contributed by atoms with E-state index < -0.39 is 18.8 Å². The van der Waals surface area contributed by atoms with Gasteiger partial charge in [0.25, 0.3) is 0 Å². The van der Waals surface area contributed by atoms with Crippen LogP contribution in [0.15, 0.2) is 24.3 Å². The molecule has 84 valence electrons. The van der Waals surface area contributed by atoms with E-state index in [0.717, 1.165) is 0 Å². The molecule has 0 saturated heterocycles. The highest BCUT2D eigenvalue weighted by Gasteiger charge is 2.40. The molecule has 0 aromatic heterocycles. The van der Waals surface area contributed by atoms with Gasteiger partial charge in [0.2, 0.25) is 0 Å². The van der Waals surface area contributed by atoms with Crippen molar-refractivity contribution in [2.75, 3.05) is 7.11 Å². The Morgan fingerprint density at radius 3 is 2.40 bits per heavy atom. The smallest absolute Gasteiger partial charge is 0.419 e. The fourth-order valence-electron chi connectivity index (χ4n) is 1.18. The van der Waals surface area contributed by atoms with Crippen molar-refractivity contribution in [3.63, 3.8) is 0 Å². The molecule has 0 bridgehead atoms. The van der Waals surface area contributed by atoms with Crippen molar-refractivity contribution in [1.29, 1.82) is 0 Å². The van der Waals surface area contributed by atoms with Crippen molar-refractivity contribution in [1.82, 2.24) is 0 Å². The predicted octanol–water partition coefficient (Wildman–Crippen LogP) is 3.14. The molecule has 5 heteroatoms. The SMILES string of the molecule is COc1ccccc1CC(F)C(F)(F)F. The first-order valence-corrected chi connectivity index (χ1v) is 4.28. The molecule has 1 nitrogen and oxygen atoms in total. The number of methoxy groups -OCH3 is 1. The molecule has 1 aromatic rings. The molecule has 1 unspecified atom stereocenters. The van der Waals surface area contributed by atoms with Crippen molar-refractivity contribution in [2.24, 2.45) is 0 Å². The largest absolute Gasteiger partial charge is 0.496 e. The number of hydrogen-bond acceptors (Lipinski definition) is 1. The Morgan fingerprint density at radius 1 is 1.27 bits per heavy atom. The van der Waals surface area contributed by atoms with E-state index in [1.54, 1.807) is 12.1 Å². The Hall–Kier alpha value is -1.26. The summed E-state index contributed by atoms with van der Waals surface area (Å²) >= 11 is 0. The minimum Gasteiger partial charge on any atom is -0.496 e. The molecular weight excluding hydrogens is 212 g/mol. The quantitative estimate of drug-likeness (QED) is 0.714. The van der Waals surface area contributed by atoms with Crippen molar-refractivity contribution in [3.8, 4) is 5.75 Å². The molecule has 0 aliphatic heterocycles. The summed E-state index contributed by atoms with van der Waals surface area (Å²) in [6.45, 7) is 0. The first-order chi connectivity index (χ1) is 6.95. The Balaban J connectivity index is 2.80. The first-order valence-electron chi connectivity index (χ1n) is 4.28. The summed E-state index contributed by atoms with van der Waals surface area (Å²) in [7, 11) is 1.33. The number of hydrogen-bond donors (Lipinski definition) is 0. The molecule has 0 spiro atoms. The number of rotatable bonds is 3. The summed E-state index contributed by atoms with van der Waals surface area (Å²) in [5.74, 6) is 0.268. The standard InChI is InChI=1S/C10H10F4O/c1-15-8-5-3-2-4-7(8)6-9(11)10(12,13)14/h2-5,9H,6H2,1H3. The Morgan fingerprint density at radius 2 is 1.87 bits per heavy atom. The summed E-state index contributed by atoms with van der Waals surface area (Å²) in [6.07, 6.45) is -8.39. The third-order valence-electron chi connectivity index (χ3n) is 1.95. The van der Waals surface area contributed by atoms with E-state index in [9.17, 15) is 17.6 Å². The van der Waals surface area contributed by atoms with Crippen LogP contribution in [-0.4, -0.2) is 19.5 Å². The van der Waals surface area contributed by atoms with Crippen LogP contribution < -0.4 is 4.74 Å². The van der Waals surface area contributed by atoms with Gasteiger partial charge in [0.1, 0.15) is 5.75 Å². The fraction of sp³-hybridized carbons (Fsp3) is 0.400. The topological polar surface area (TPSA) is 9.23 Å².